The Morgan fingerprint density at radius 1 is 0.281 bits per heavy atom. The molecule has 0 saturated carbocycles. The summed E-state index contributed by atoms with van der Waals surface area (Å²) in [6, 6.07) is 54.0. The molecule has 2 N–H and O–H groups in total. The number of esters is 4. The minimum Gasteiger partial charge on any atom is -0.508 e. The average molecular weight is 843 g/mol. The molecule has 64 heavy (non-hydrogen) atoms. The monoisotopic (exact) mass is 842 g/mol. The summed E-state index contributed by atoms with van der Waals surface area (Å²) in [6.45, 7) is 0. The van der Waals surface area contributed by atoms with E-state index in [2.05, 4.69) is 0 Å². The van der Waals surface area contributed by atoms with E-state index in [1.54, 1.807) is 164 Å². The van der Waals surface area contributed by atoms with Crippen molar-refractivity contribution in [3.8, 4) is 56.8 Å². The molecule has 0 aliphatic heterocycles. The van der Waals surface area contributed by atoms with Gasteiger partial charge in [0.15, 0.2) is 0 Å². The van der Waals surface area contributed by atoms with Crippen LogP contribution in [0.4, 0.5) is 0 Å². The van der Waals surface area contributed by atoms with Gasteiger partial charge in [-0.25, -0.2) is 19.2 Å². The normalized spacial score (nSPS) is 10.9. The van der Waals surface area contributed by atoms with Crippen molar-refractivity contribution < 1.29 is 48.3 Å². The molecule has 0 aromatic heterocycles. The molecule has 0 heterocycles. The fourth-order valence-electron chi connectivity index (χ4n) is 7.02. The number of hydrogen-bond acceptors (Lipinski definition) is 10. The van der Waals surface area contributed by atoms with Crippen LogP contribution in [-0.4, -0.2) is 34.1 Å². The van der Waals surface area contributed by atoms with Crippen LogP contribution in [0, 0.1) is 0 Å². The van der Waals surface area contributed by atoms with Crippen LogP contribution >= 0.6 is 0 Å². The lowest BCUT2D eigenvalue weighted by Gasteiger charge is -2.09. The third kappa shape index (κ3) is 9.16. The van der Waals surface area contributed by atoms with Gasteiger partial charge in [-0.3, -0.25) is 0 Å². The Hall–Kier alpha value is -9.02. The number of ether oxygens (including phenoxy) is 4. The first-order valence-corrected chi connectivity index (χ1v) is 20.0. The van der Waals surface area contributed by atoms with Crippen LogP contribution in [0.3, 0.4) is 0 Å². The quantitative estimate of drug-likeness (QED) is 0.101. The molecule has 10 nitrogen and oxygen atoms in total. The number of aromatic hydroxyl groups is 2. The SMILES string of the molecule is O=C(Oc1ccc(-c2ccc(OC(=O)c3ccc4cc(O)ccc4c3)cc2)cc1)c1cccc(C(=O)Oc2ccc(-c3ccc(OC(=O)c4ccc5cc(O)ccc5c4)cc3)cc2)c1. The van der Waals surface area contributed by atoms with Gasteiger partial charge in [-0.15, -0.1) is 0 Å². The highest BCUT2D eigenvalue weighted by molar-refractivity contribution is 5.99. The molecular formula is C54H34O10. The van der Waals surface area contributed by atoms with Gasteiger partial charge in [-0.2, -0.15) is 0 Å². The molecule has 9 rings (SSSR count). The van der Waals surface area contributed by atoms with Crippen LogP contribution in [0.2, 0.25) is 0 Å². The van der Waals surface area contributed by atoms with Crippen LogP contribution in [0.25, 0.3) is 43.8 Å². The van der Waals surface area contributed by atoms with E-state index in [1.165, 1.54) is 6.07 Å². The lowest BCUT2D eigenvalue weighted by atomic mass is 10.1. The molecule has 9 aromatic rings. The van der Waals surface area contributed by atoms with Crippen LogP contribution in [0.5, 0.6) is 34.5 Å². The Morgan fingerprint density at radius 3 is 0.859 bits per heavy atom. The van der Waals surface area contributed by atoms with Gasteiger partial charge >= 0.3 is 23.9 Å². The molecule has 0 saturated heterocycles. The molecule has 0 unspecified atom stereocenters. The highest BCUT2D eigenvalue weighted by atomic mass is 16.5. The first-order chi connectivity index (χ1) is 31.1. The fraction of sp³-hybridized carbons (Fsp3) is 0. The highest BCUT2D eigenvalue weighted by Crippen LogP contribution is 2.29. The van der Waals surface area contributed by atoms with Crippen LogP contribution < -0.4 is 18.9 Å². The van der Waals surface area contributed by atoms with Gasteiger partial charge in [-0.05, 0) is 159 Å². The van der Waals surface area contributed by atoms with Crippen molar-refractivity contribution in [3.05, 3.63) is 216 Å². The predicted molar refractivity (Wildman–Crippen MR) is 241 cm³/mol. The molecular weight excluding hydrogens is 809 g/mol. The van der Waals surface area contributed by atoms with Crippen molar-refractivity contribution in [3.63, 3.8) is 0 Å². The Bertz CT molecular complexity index is 3010. The summed E-state index contributed by atoms with van der Waals surface area (Å²) in [7, 11) is 0. The second-order valence-electron chi connectivity index (χ2n) is 14.7. The summed E-state index contributed by atoms with van der Waals surface area (Å²) in [5.41, 5.74) is 4.46. The van der Waals surface area contributed by atoms with Crippen molar-refractivity contribution in [1.82, 2.24) is 0 Å². The number of hydrogen-bond donors (Lipinski definition) is 2. The van der Waals surface area contributed by atoms with Gasteiger partial charge in [-0.1, -0.05) is 78.9 Å². The van der Waals surface area contributed by atoms with Gasteiger partial charge in [0.1, 0.15) is 34.5 Å². The summed E-state index contributed by atoms with van der Waals surface area (Å²) in [6.07, 6.45) is 0. The number of rotatable bonds is 10. The van der Waals surface area contributed by atoms with Crippen LogP contribution in [-0.2, 0) is 0 Å². The zero-order valence-corrected chi connectivity index (χ0v) is 33.6. The van der Waals surface area contributed by atoms with E-state index in [0.29, 0.717) is 34.1 Å². The molecule has 0 aliphatic carbocycles. The van der Waals surface area contributed by atoms with Crippen LogP contribution in [0.15, 0.2) is 194 Å². The number of phenolic OH excluding ortho intramolecular Hbond substituents is 2. The number of carbonyl (C=O) groups excluding carboxylic acids is 4. The Kier molecular flexibility index (Phi) is 11.1. The second-order valence-corrected chi connectivity index (χ2v) is 14.7. The van der Waals surface area contributed by atoms with E-state index in [0.717, 1.165) is 43.8 Å². The van der Waals surface area contributed by atoms with Crippen molar-refractivity contribution >= 4 is 45.4 Å². The average Bonchev–Trinajstić information content (AvgIpc) is 3.32. The molecule has 310 valence electrons. The number of fused-ring (bicyclic) bond motifs is 2. The van der Waals surface area contributed by atoms with E-state index < -0.39 is 23.9 Å². The Labute approximate surface area is 365 Å². The van der Waals surface area contributed by atoms with E-state index >= 15 is 0 Å². The van der Waals surface area contributed by atoms with Gasteiger partial charge in [0.05, 0.1) is 22.3 Å². The molecule has 0 aliphatic rings. The largest absolute Gasteiger partial charge is 0.508 e. The molecule has 10 heteroatoms. The molecule has 0 atom stereocenters. The summed E-state index contributed by atoms with van der Waals surface area (Å²) in [5, 5.41) is 22.6. The van der Waals surface area contributed by atoms with Gasteiger partial charge in [0.25, 0.3) is 0 Å². The maximum Gasteiger partial charge on any atom is 0.343 e. The minimum absolute atomic E-state index is 0.150. The maximum absolute atomic E-state index is 13.1. The smallest absolute Gasteiger partial charge is 0.343 e. The summed E-state index contributed by atoms with van der Waals surface area (Å²) in [4.78, 5) is 51.9. The molecule has 0 fully saturated rings. The standard InChI is InChI=1S/C54H34O10/c55-45-18-8-37-28-43(6-4-39(37)31-45)53(59)63-49-24-14-35(15-25-49)33-10-20-47(21-11-33)61-51(57)41-2-1-3-42(30-41)52(58)62-48-22-12-34(13-23-48)36-16-26-50(27-17-36)64-54(60)44-7-5-40-32-46(56)19-9-38(40)29-44/h1-32,55-56H. The van der Waals surface area contributed by atoms with Gasteiger partial charge in [0, 0.05) is 0 Å². The molecule has 0 bridgehead atoms. The first-order valence-electron chi connectivity index (χ1n) is 20.0. The molecule has 0 amide bonds. The number of carbonyl (C=O) groups is 4. The third-order valence-corrected chi connectivity index (χ3v) is 10.4. The molecule has 9 aromatic carbocycles. The van der Waals surface area contributed by atoms with E-state index in [1.807, 2.05) is 24.3 Å². The van der Waals surface area contributed by atoms with E-state index in [9.17, 15) is 29.4 Å². The lowest BCUT2D eigenvalue weighted by Crippen LogP contribution is -2.12. The van der Waals surface area contributed by atoms with Crippen molar-refractivity contribution in [1.29, 1.82) is 0 Å². The second kappa shape index (κ2) is 17.5. The van der Waals surface area contributed by atoms with Crippen LogP contribution in [0.1, 0.15) is 41.4 Å². The number of phenols is 2. The summed E-state index contributed by atoms with van der Waals surface area (Å²) < 4.78 is 22.4. The fourth-order valence-corrected chi connectivity index (χ4v) is 7.02. The lowest BCUT2D eigenvalue weighted by molar-refractivity contribution is 0.0720. The van der Waals surface area contributed by atoms with Crippen molar-refractivity contribution in [2.24, 2.45) is 0 Å². The summed E-state index contributed by atoms with van der Waals surface area (Å²) in [5.74, 6) is -0.665. The topological polar surface area (TPSA) is 146 Å². The van der Waals surface area contributed by atoms with Gasteiger partial charge < -0.3 is 29.2 Å². The molecule has 0 radical (unpaired) electrons. The minimum atomic E-state index is -0.654. The van der Waals surface area contributed by atoms with Crippen molar-refractivity contribution in [2.75, 3.05) is 0 Å². The van der Waals surface area contributed by atoms with Crippen molar-refractivity contribution in [2.45, 2.75) is 0 Å². The molecule has 0 spiro atoms. The summed E-state index contributed by atoms with van der Waals surface area (Å²) >= 11 is 0. The Balaban J connectivity index is 0.766. The van der Waals surface area contributed by atoms with Gasteiger partial charge in [0.2, 0.25) is 0 Å². The zero-order valence-electron chi connectivity index (χ0n) is 33.6. The third-order valence-electron chi connectivity index (χ3n) is 10.4. The van der Waals surface area contributed by atoms with E-state index in [4.69, 9.17) is 18.9 Å². The Morgan fingerprint density at radius 2 is 0.547 bits per heavy atom. The highest BCUT2D eigenvalue weighted by Gasteiger charge is 2.16. The number of benzene rings is 9. The predicted octanol–water partition coefficient (Wildman–Crippen LogP) is 11.6. The maximum atomic E-state index is 13.1. The first kappa shape index (κ1) is 40.4. The zero-order chi connectivity index (χ0) is 44.2. The van der Waals surface area contributed by atoms with E-state index in [-0.39, 0.29) is 22.6 Å².